The molecule has 0 bridgehead atoms. The van der Waals surface area contributed by atoms with E-state index in [-0.39, 0.29) is 16.5 Å². The molecule has 30 heavy (non-hydrogen) atoms. The van der Waals surface area contributed by atoms with Crippen LogP contribution in [0.1, 0.15) is 35.8 Å². The molecule has 0 atom stereocenters. The van der Waals surface area contributed by atoms with Crippen LogP contribution in [0.25, 0.3) is 5.82 Å². The van der Waals surface area contributed by atoms with E-state index >= 15 is 0 Å². The van der Waals surface area contributed by atoms with Gasteiger partial charge in [0.25, 0.3) is 5.91 Å². The zero-order chi connectivity index (χ0) is 21.1. The van der Waals surface area contributed by atoms with Crippen LogP contribution >= 0.6 is 0 Å². The smallest absolute Gasteiger partial charge is 0.275 e. The third-order valence-electron chi connectivity index (χ3n) is 5.15. The lowest BCUT2D eigenvalue weighted by Crippen LogP contribution is -2.27. The van der Waals surface area contributed by atoms with Crippen LogP contribution in [0.2, 0.25) is 0 Å². The maximum absolute atomic E-state index is 12.6. The number of benzene rings is 1. The van der Waals surface area contributed by atoms with Gasteiger partial charge in [-0.2, -0.15) is 4.31 Å². The SMILES string of the molecule is CCc1ccccc1NC(=O)c1cn(-c2ccc(S(=O)(=O)N3CCCC3)cn2)cn1. The Morgan fingerprint density at radius 1 is 1.10 bits per heavy atom. The van der Waals surface area contributed by atoms with E-state index in [9.17, 15) is 13.2 Å². The number of rotatable bonds is 6. The largest absolute Gasteiger partial charge is 0.320 e. The number of nitrogens with one attached hydrogen (secondary N) is 1. The number of nitrogens with zero attached hydrogens (tertiary/aromatic N) is 4. The van der Waals surface area contributed by atoms with Gasteiger partial charge < -0.3 is 5.32 Å². The summed E-state index contributed by atoms with van der Waals surface area (Å²) >= 11 is 0. The molecule has 0 unspecified atom stereocenters. The van der Waals surface area contributed by atoms with Gasteiger partial charge in [0.1, 0.15) is 22.7 Å². The molecule has 156 valence electrons. The third-order valence-corrected chi connectivity index (χ3v) is 7.03. The normalized spacial score (nSPS) is 14.7. The number of carbonyl (C=O) groups excluding carboxylic acids is 1. The first-order valence-electron chi connectivity index (χ1n) is 9.89. The highest BCUT2D eigenvalue weighted by molar-refractivity contribution is 7.89. The Kier molecular flexibility index (Phi) is 5.65. The van der Waals surface area contributed by atoms with Crippen LogP contribution in [0, 0.1) is 0 Å². The lowest BCUT2D eigenvalue weighted by Gasteiger charge is -2.15. The van der Waals surface area contributed by atoms with Crippen molar-refractivity contribution < 1.29 is 13.2 Å². The fraction of sp³-hybridized carbons (Fsp3) is 0.286. The first kappa shape index (κ1) is 20.2. The van der Waals surface area contributed by atoms with Crippen molar-refractivity contribution >= 4 is 21.6 Å². The van der Waals surface area contributed by atoms with Crippen molar-refractivity contribution in [2.75, 3.05) is 18.4 Å². The van der Waals surface area contributed by atoms with Crippen molar-refractivity contribution in [1.82, 2.24) is 18.8 Å². The summed E-state index contributed by atoms with van der Waals surface area (Å²) < 4.78 is 28.3. The van der Waals surface area contributed by atoms with Gasteiger partial charge in [-0.15, -0.1) is 0 Å². The molecule has 3 aromatic rings. The Morgan fingerprint density at radius 2 is 1.87 bits per heavy atom. The minimum atomic E-state index is -3.51. The van der Waals surface area contributed by atoms with Gasteiger partial charge in [-0.1, -0.05) is 25.1 Å². The van der Waals surface area contributed by atoms with Crippen LogP contribution in [-0.2, 0) is 16.4 Å². The Hall–Kier alpha value is -3.04. The summed E-state index contributed by atoms with van der Waals surface area (Å²) in [5.74, 6) is 0.166. The molecular weight excluding hydrogens is 402 g/mol. The number of anilines is 1. The number of aryl methyl sites for hydroxylation is 1. The van der Waals surface area contributed by atoms with E-state index in [2.05, 4.69) is 15.3 Å². The summed E-state index contributed by atoms with van der Waals surface area (Å²) in [4.78, 5) is 21.2. The molecule has 1 fully saturated rings. The minimum Gasteiger partial charge on any atom is -0.320 e. The van der Waals surface area contributed by atoms with E-state index < -0.39 is 10.0 Å². The molecule has 1 N–H and O–H groups in total. The van der Waals surface area contributed by atoms with Crippen molar-refractivity contribution in [3.05, 3.63) is 66.4 Å². The van der Waals surface area contributed by atoms with E-state index in [0.29, 0.717) is 18.9 Å². The number of carbonyl (C=O) groups is 1. The molecule has 3 heterocycles. The number of hydrogen-bond donors (Lipinski definition) is 1. The topological polar surface area (TPSA) is 97.2 Å². The van der Waals surface area contributed by atoms with Crippen molar-refractivity contribution in [3.63, 3.8) is 0 Å². The second kappa shape index (κ2) is 8.37. The number of sulfonamides is 1. The standard InChI is InChI=1S/C21H23N5O3S/c1-2-16-7-3-4-8-18(16)24-21(27)19-14-25(15-23-19)20-10-9-17(13-22-20)30(28,29)26-11-5-6-12-26/h3-4,7-10,13-15H,2,5-6,11-12H2,1H3,(H,24,27). The molecule has 4 rings (SSSR count). The summed E-state index contributed by atoms with van der Waals surface area (Å²) in [5, 5.41) is 2.88. The summed E-state index contributed by atoms with van der Waals surface area (Å²) in [6, 6.07) is 10.8. The highest BCUT2D eigenvalue weighted by atomic mass is 32.2. The van der Waals surface area contributed by atoms with Crippen molar-refractivity contribution in [2.24, 2.45) is 0 Å². The van der Waals surface area contributed by atoms with Crippen molar-refractivity contribution in [3.8, 4) is 5.82 Å². The Labute approximate surface area is 175 Å². The van der Waals surface area contributed by atoms with Gasteiger partial charge in [0.15, 0.2) is 0 Å². The Balaban J connectivity index is 1.50. The van der Waals surface area contributed by atoms with Crippen LogP contribution < -0.4 is 5.32 Å². The van der Waals surface area contributed by atoms with Gasteiger partial charge >= 0.3 is 0 Å². The van der Waals surface area contributed by atoms with Crippen LogP contribution in [0.3, 0.4) is 0 Å². The maximum atomic E-state index is 12.6. The molecule has 1 aromatic carbocycles. The predicted octanol–water partition coefficient (Wildman–Crippen LogP) is 2.87. The van der Waals surface area contributed by atoms with Crippen LogP contribution in [-0.4, -0.2) is 46.3 Å². The quantitative estimate of drug-likeness (QED) is 0.655. The molecule has 0 aliphatic carbocycles. The molecule has 0 radical (unpaired) electrons. The number of amides is 1. The van der Waals surface area contributed by atoms with Crippen molar-refractivity contribution in [2.45, 2.75) is 31.1 Å². The minimum absolute atomic E-state index is 0.169. The molecule has 0 saturated carbocycles. The van der Waals surface area contributed by atoms with Gasteiger partial charge in [0.05, 0.1) is 0 Å². The van der Waals surface area contributed by atoms with Gasteiger partial charge in [-0.3, -0.25) is 9.36 Å². The monoisotopic (exact) mass is 425 g/mol. The molecule has 1 aliphatic rings. The second-order valence-corrected chi connectivity index (χ2v) is 9.03. The van der Waals surface area contributed by atoms with Crippen molar-refractivity contribution in [1.29, 1.82) is 0 Å². The van der Waals surface area contributed by atoms with Crippen LogP contribution in [0.5, 0.6) is 0 Å². The van der Waals surface area contributed by atoms with Gasteiger partial charge in [-0.25, -0.2) is 18.4 Å². The average Bonchev–Trinajstić information content (AvgIpc) is 3.47. The molecule has 1 aliphatic heterocycles. The molecule has 0 spiro atoms. The highest BCUT2D eigenvalue weighted by Gasteiger charge is 2.27. The van der Waals surface area contributed by atoms with Crippen LogP contribution in [0.15, 0.2) is 60.0 Å². The number of pyridine rings is 1. The fourth-order valence-corrected chi connectivity index (χ4v) is 4.92. The highest BCUT2D eigenvalue weighted by Crippen LogP contribution is 2.21. The fourth-order valence-electron chi connectivity index (χ4n) is 3.46. The predicted molar refractivity (Wildman–Crippen MR) is 113 cm³/mol. The first-order chi connectivity index (χ1) is 14.5. The molecule has 1 amide bonds. The van der Waals surface area contributed by atoms with Gasteiger partial charge in [-0.05, 0) is 43.0 Å². The molecule has 8 nitrogen and oxygen atoms in total. The zero-order valence-corrected chi connectivity index (χ0v) is 17.5. The Bertz CT molecular complexity index is 1150. The number of imidazole rings is 1. The lowest BCUT2D eigenvalue weighted by molar-refractivity contribution is 0.102. The summed E-state index contributed by atoms with van der Waals surface area (Å²) in [5.41, 5.74) is 2.05. The summed E-state index contributed by atoms with van der Waals surface area (Å²) in [6.45, 7) is 3.12. The van der Waals surface area contributed by atoms with E-state index in [1.54, 1.807) is 16.8 Å². The number of para-hydroxylation sites is 1. The van der Waals surface area contributed by atoms with E-state index in [1.807, 2.05) is 31.2 Å². The average molecular weight is 426 g/mol. The summed E-state index contributed by atoms with van der Waals surface area (Å²) in [7, 11) is -3.51. The number of aromatic nitrogens is 3. The van der Waals surface area contributed by atoms with Gasteiger partial charge in [0, 0.05) is 31.2 Å². The summed E-state index contributed by atoms with van der Waals surface area (Å²) in [6.07, 6.45) is 6.97. The molecule has 9 heteroatoms. The maximum Gasteiger partial charge on any atom is 0.275 e. The molecule has 2 aromatic heterocycles. The van der Waals surface area contributed by atoms with E-state index in [1.165, 1.54) is 22.9 Å². The number of hydrogen-bond acceptors (Lipinski definition) is 5. The van der Waals surface area contributed by atoms with E-state index in [0.717, 1.165) is 30.5 Å². The zero-order valence-electron chi connectivity index (χ0n) is 16.7. The van der Waals surface area contributed by atoms with Crippen LogP contribution in [0.4, 0.5) is 5.69 Å². The second-order valence-electron chi connectivity index (χ2n) is 7.09. The third kappa shape index (κ3) is 3.99. The Morgan fingerprint density at radius 3 is 2.57 bits per heavy atom. The molecular formula is C21H23N5O3S. The lowest BCUT2D eigenvalue weighted by atomic mass is 10.1. The first-order valence-corrected chi connectivity index (χ1v) is 11.3. The molecule has 1 saturated heterocycles. The van der Waals surface area contributed by atoms with Gasteiger partial charge in [0.2, 0.25) is 10.0 Å². The van der Waals surface area contributed by atoms with E-state index in [4.69, 9.17) is 0 Å².